The topological polar surface area (TPSA) is 64.6 Å². The Labute approximate surface area is 131 Å². The molecule has 2 rings (SSSR count). The van der Waals surface area contributed by atoms with Gasteiger partial charge >= 0.3 is 5.97 Å². The Morgan fingerprint density at radius 2 is 2.05 bits per heavy atom. The summed E-state index contributed by atoms with van der Waals surface area (Å²) in [7, 11) is 0. The third-order valence-corrected chi connectivity index (χ3v) is 3.70. The molecule has 5 nitrogen and oxygen atoms in total. The van der Waals surface area contributed by atoms with E-state index in [9.17, 15) is 9.59 Å². The van der Waals surface area contributed by atoms with E-state index in [1.54, 1.807) is 12.1 Å². The number of carbonyl (C=O) groups excluding carboxylic acids is 2. The lowest BCUT2D eigenvalue weighted by molar-refractivity contribution is -0.124. The van der Waals surface area contributed by atoms with Crippen molar-refractivity contribution >= 4 is 11.9 Å². The van der Waals surface area contributed by atoms with Crippen molar-refractivity contribution in [1.82, 2.24) is 5.32 Å². The number of esters is 1. The molecule has 1 N–H and O–H groups in total. The molecule has 1 heterocycles. The molecule has 5 heteroatoms. The lowest BCUT2D eigenvalue weighted by Gasteiger charge is -2.11. The summed E-state index contributed by atoms with van der Waals surface area (Å²) in [5.74, 6) is -0.376. The number of ether oxygens (including phenoxy) is 2. The molecule has 0 bridgehead atoms. The van der Waals surface area contributed by atoms with Crippen LogP contribution in [0.1, 0.15) is 48.5 Å². The summed E-state index contributed by atoms with van der Waals surface area (Å²) in [6, 6.07) is 7.25. The van der Waals surface area contributed by atoms with Crippen LogP contribution in [-0.4, -0.2) is 37.7 Å². The quantitative estimate of drug-likeness (QED) is 0.819. The Kier molecular flexibility index (Phi) is 5.95. The minimum atomic E-state index is -0.484. The maximum atomic E-state index is 11.9. The predicted molar refractivity (Wildman–Crippen MR) is 82.8 cm³/mol. The molecule has 1 aliphatic rings. The van der Waals surface area contributed by atoms with Crippen LogP contribution in [0.4, 0.5) is 0 Å². The first-order chi connectivity index (χ1) is 10.6. The predicted octanol–water partition coefficient (Wildman–Crippen LogP) is 2.26. The van der Waals surface area contributed by atoms with Crippen LogP contribution in [0, 0.1) is 0 Å². The maximum absolute atomic E-state index is 11.9. The van der Waals surface area contributed by atoms with Crippen molar-refractivity contribution in [2.45, 2.75) is 38.7 Å². The standard InChI is InChI=1S/C17H23NO4/c1-12(2)13-5-7-14(8-6-13)17(20)22-11-16(19)18-10-15-4-3-9-21-15/h5-8,12,15H,3-4,9-11H2,1-2H3,(H,18,19). The molecule has 120 valence electrons. The third kappa shape index (κ3) is 4.84. The second-order valence-electron chi connectivity index (χ2n) is 5.79. The van der Waals surface area contributed by atoms with E-state index >= 15 is 0 Å². The summed E-state index contributed by atoms with van der Waals surface area (Å²) >= 11 is 0. The van der Waals surface area contributed by atoms with E-state index in [1.807, 2.05) is 12.1 Å². The van der Waals surface area contributed by atoms with E-state index in [0.717, 1.165) is 25.0 Å². The lowest BCUT2D eigenvalue weighted by Crippen LogP contribution is -2.34. The Balaban J connectivity index is 1.73. The van der Waals surface area contributed by atoms with Crippen LogP contribution < -0.4 is 5.32 Å². The number of carbonyl (C=O) groups is 2. The van der Waals surface area contributed by atoms with E-state index < -0.39 is 5.97 Å². The SMILES string of the molecule is CC(C)c1ccc(C(=O)OCC(=O)NCC2CCCO2)cc1. The molecule has 1 atom stereocenters. The first-order valence-electron chi connectivity index (χ1n) is 7.71. The normalized spacial score (nSPS) is 17.5. The molecular weight excluding hydrogens is 282 g/mol. The molecule has 0 aliphatic carbocycles. The summed E-state index contributed by atoms with van der Waals surface area (Å²) in [5.41, 5.74) is 1.61. The van der Waals surface area contributed by atoms with Crippen molar-refractivity contribution in [1.29, 1.82) is 0 Å². The molecule has 1 saturated heterocycles. The van der Waals surface area contributed by atoms with E-state index in [1.165, 1.54) is 0 Å². The molecule has 0 spiro atoms. The van der Waals surface area contributed by atoms with Crippen molar-refractivity contribution in [2.24, 2.45) is 0 Å². The molecule has 22 heavy (non-hydrogen) atoms. The number of amides is 1. The van der Waals surface area contributed by atoms with Gasteiger partial charge in [-0.3, -0.25) is 4.79 Å². The van der Waals surface area contributed by atoms with Gasteiger partial charge in [0.2, 0.25) is 0 Å². The molecular formula is C17H23NO4. The molecule has 1 aliphatic heterocycles. The highest BCUT2D eigenvalue weighted by Gasteiger charge is 2.17. The number of hydrogen-bond donors (Lipinski definition) is 1. The van der Waals surface area contributed by atoms with Gasteiger partial charge in [0.05, 0.1) is 11.7 Å². The van der Waals surface area contributed by atoms with Gasteiger partial charge in [0.25, 0.3) is 5.91 Å². The van der Waals surface area contributed by atoms with Crippen molar-refractivity contribution in [3.63, 3.8) is 0 Å². The van der Waals surface area contributed by atoms with Crippen molar-refractivity contribution in [3.8, 4) is 0 Å². The number of benzene rings is 1. The van der Waals surface area contributed by atoms with Gasteiger partial charge in [-0.15, -0.1) is 0 Å². The summed E-state index contributed by atoms with van der Waals surface area (Å²) in [4.78, 5) is 23.5. The monoisotopic (exact) mass is 305 g/mol. The minimum absolute atomic E-state index is 0.0863. The fraction of sp³-hybridized carbons (Fsp3) is 0.529. The molecule has 0 saturated carbocycles. The molecule has 1 fully saturated rings. The van der Waals surface area contributed by atoms with Crippen molar-refractivity contribution in [2.75, 3.05) is 19.8 Å². The third-order valence-electron chi connectivity index (χ3n) is 3.70. The fourth-order valence-corrected chi connectivity index (χ4v) is 2.30. The largest absolute Gasteiger partial charge is 0.452 e. The zero-order chi connectivity index (χ0) is 15.9. The highest BCUT2D eigenvalue weighted by atomic mass is 16.5. The van der Waals surface area contributed by atoms with Crippen LogP contribution in [0.25, 0.3) is 0 Å². The lowest BCUT2D eigenvalue weighted by atomic mass is 10.0. The summed E-state index contributed by atoms with van der Waals surface area (Å²) < 4.78 is 10.4. The van der Waals surface area contributed by atoms with Gasteiger partial charge in [0, 0.05) is 13.2 Å². The van der Waals surface area contributed by atoms with Crippen LogP contribution in [-0.2, 0) is 14.3 Å². The van der Waals surface area contributed by atoms with E-state index in [4.69, 9.17) is 9.47 Å². The summed E-state index contributed by atoms with van der Waals surface area (Å²) in [6.07, 6.45) is 2.08. The number of nitrogens with one attached hydrogen (secondary N) is 1. The van der Waals surface area contributed by atoms with E-state index in [2.05, 4.69) is 19.2 Å². The highest BCUT2D eigenvalue weighted by Crippen LogP contribution is 2.15. The second kappa shape index (κ2) is 7.94. The van der Waals surface area contributed by atoms with Crippen LogP contribution >= 0.6 is 0 Å². The molecule has 1 amide bonds. The first-order valence-corrected chi connectivity index (χ1v) is 7.71. The molecule has 0 aromatic heterocycles. The zero-order valence-corrected chi connectivity index (χ0v) is 13.1. The van der Waals surface area contributed by atoms with Crippen molar-refractivity contribution < 1.29 is 19.1 Å². The molecule has 0 radical (unpaired) electrons. The van der Waals surface area contributed by atoms with Gasteiger partial charge in [-0.1, -0.05) is 26.0 Å². The van der Waals surface area contributed by atoms with E-state index in [0.29, 0.717) is 18.0 Å². The fourth-order valence-electron chi connectivity index (χ4n) is 2.30. The van der Waals surface area contributed by atoms with E-state index in [-0.39, 0.29) is 18.6 Å². The average molecular weight is 305 g/mol. The Morgan fingerprint density at radius 1 is 1.32 bits per heavy atom. The maximum Gasteiger partial charge on any atom is 0.338 e. The molecule has 1 unspecified atom stereocenters. The number of rotatable bonds is 6. The highest BCUT2D eigenvalue weighted by molar-refractivity contribution is 5.91. The number of hydrogen-bond acceptors (Lipinski definition) is 4. The zero-order valence-electron chi connectivity index (χ0n) is 13.1. The average Bonchev–Trinajstić information content (AvgIpc) is 3.04. The van der Waals surface area contributed by atoms with Crippen LogP contribution in [0.3, 0.4) is 0 Å². The summed E-state index contributed by atoms with van der Waals surface area (Å²) in [5, 5.41) is 2.71. The van der Waals surface area contributed by atoms with Crippen LogP contribution in [0.2, 0.25) is 0 Å². The van der Waals surface area contributed by atoms with Gasteiger partial charge in [-0.25, -0.2) is 4.79 Å². The Bertz CT molecular complexity index is 504. The first kappa shape index (κ1) is 16.5. The minimum Gasteiger partial charge on any atom is -0.452 e. The van der Waals surface area contributed by atoms with Gasteiger partial charge < -0.3 is 14.8 Å². The van der Waals surface area contributed by atoms with Gasteiger partial charge in [-0.05, 0) is 36.5 Å². The van der Waals surface area contributed by atoms with Gasteiger partial charge in [-0.2, -0.15) is 0 Å². The van der Waals surface area contributed by atoms with Crippen LogP contribution in [0.15, 0.2) is 24.3 Å². The molecule has 1 aromatic rings. The second-order valence-corrected chi connectivity index (χ2v) is 5.79. The Morgan fingerprint density at radius 3 is 2.64 bits per heavy atom. The van der Waals surface area contributed by atoms with Crippen LogP contribution in [0.5, 0.6) is 0 Å². The summed E-state index contributed by atoms with van der Waals surface area (Å²) in [6.45, 7) is 5.14. The van der Waals surface area contributed by atoms with Crippen molar-refractivity contribution in [3.05, 3.63) is 35.4 Å². The smallest absolute Gasteiger partial charge is 0.338 e. The Hall–Kier alpha value is -1.88. The van der Waals surface area contributed by atoms with Gasteiger partial charge in [0.1, 0.15) is 0 Å². The van der Waals surface area contributed by atoms with Gasteiger partial charge in [0.15, 0.2) is 6.61 Å². The molecule has 1 aromatic carbocycles.